The van der Waals surface area contributed by atoms with Crippen molar-refractivity contribution in [2.75, 3.05) is 0 Å². The van der Waals surface area contributed by atoms with Gasteiger partial charge in [-0.05, 0) is 112 Å². The average molecular weight is 794 g/mol. The van der Waals surface area contributed by atoms with Gasteiger partial charge in [0.05, 0.1) is 22.2 Å². The lowest BCUT2D eigenvalue weighted by molar-refractivity contribution is 0.607. The maximum atomic E-state index is 9.37. The van der Waals surface area contributed by atoms with Crippen LogP contribution < -0.4 is 0 Å². The number of aryl methyl sites for hydroxylation is 3. The van der Waals surface area contributed by atoms with E-state index < -0.39 is 45.2 Å². The van der Waals surface area contributed by atoms with Crippen LogP contribution in [0.5, 0.6) is 0 Å². The molecule has 6 heteroatoms. The lowest BCUT2D eigenvalue weighted by Crippen LogP contribution is -2.24. The molecule has 3 aromatic heterocycles. The highest BCUT2D eigenvalue weighted by Crippen LogP contribution is 2.55. The Bertz CT molecular complexity index is 3990. The van der Waals surface area contributed by atoms with Crippen molar-refractivity contribution in [2.45, 2.75) is 49.5 Å². The fraction of sp³-hybridized carbons (Fsp3) is 0.113. The number of fused-ring (bicyclic) bond motifs is 15. The van der Waals surface area contributed by atoms with Crippen LogP contribution >= 0.6 is 11.8 Å². The Kier molecular flexibility index (Phi) is 4.70. The molecule has 0 fully saturated rings. The maximum absolute atomic E-state index is 9.37. The lowest BCUT2D eigenvalue weighted by Gasteiger charge is -2.36. The predicted octanol–water partition coefficient (Wildman–Crippen LogP) is 14.1. The number of hydrogen-bond donors (Lipinski definition) is 0. The Balaban J connectivity index is 1.17. The Morgan fingerprint density at radius 2 is 1.22 bits per heavy atom. The molecular weight excluding hydrogens is 741 g/mol. The van der Waals surface area contributed by atoms with Crippen molar-refractivity contribution in [3.8, 4) is 67.2 Å². The van der Waals surface area contributed by atoms with E-state index in [1.807, 2.05) is 72.8 Å². The first-order chi connectivity index (χ1) is 34.9. The van der Waals surface area contributed by atoms with Crippen LogP contribution in [0, 0.1) is 20.6 Å². The van der Waals surface area contributed by atoms with Gasteiger partial charge < -0.3 is 4.42 Å². The summed E-state index contributed by atoms with van der Waals surface area (Å²) in [6.45, 7) is -15.8. The van der Waals surface area contributed by atoms with Gasteiger partial charge in [-0.25, -0.2) is 9.97 Å². The fourth-order valence-electron chi connectivity index (χ4n) is 8.87. The van der Waals surface area contributed by atoms with Gasteiger partial charge in [0.15, 0.2) is 11.4 Å². The summed E-state index contributed by atoms with van der Waals surface area (Å²) in [5.41, 5.74) is 2.06. The second kappa shape index (κ2) is 12.4. The lowest BCUT2D eigenvalue weighted by atomic mass is 9.75. The van der Waals surface area contributed by atoms with Crippen LogP contribution in [-0.2, 0) is 5.41 Å². The van der Waals surface area contributed by atoms with E-state index in [4.69, 9.17) is 26.7 Å². The van der Waals surface area contributed by atoms with Crippen molar-refractivity contribution in [1.82, 2.24) is 19.4 Å². The zero-order chi connectivity index (χ0) is 52.2. The third kappa shape index (κ3) is 4.84. The highest BCUT2D eigenvalue weighted by molar-refractivity contribution is 7.99. The molecule has 59 heavy (non-hydrogen) atoms. The number of rotatable bonds is 2. The molecule has 0 radical (unpaired) electrons. The number of hydrogen-bond acceptors (Lipinski definition) is 5. The molecule has 0 unspecified atom stereocenters. The minimum absolute atomic E-state index is 0.0630. The van der Waals surface area contributed by atoms with E-state index in [1.54, 1.807) is 34.9 Å². The largest absolute Gasteiger partial charge is 0.422 e. The number of aromatic nitrogens is 4. The second-order valence-corrected chi connectivity index (χ2v) is 15.9. The second-order valence-electron chi connectivity index (χ2n) is 14.9. The Hall–Kier alpha value is -6.76. The third-order valence-electron chi connectivity index (χ3n) is 11.6. The summed E-state index contributed by atoms with van der Waals surface area (Å²) in [6.07, 6.45) is 1.59. The summed E-state index contributed by atoms with van der Waals surface area (Å²) in [5, 5.41) is 0. The molecule has 2 aliphatic rings. The minimum atomic E-state index is -3.48. The van der Waals surface area contributed by atoms with Gasteiger partial charge in [-0.2, -0.15) is 4.98 Å². The zero-order valence-electron chi connectivity index (χ0n) is 45.9. The monoisotopic (exact) mass is 793 g/mol. The van der Waals surface area contributed by atoms with Gasteiger partial charge in [0.2, 0.25) is 0 Å². The van der Waals surface area contributed by atoms with E-state index in [0.29, 0.717) is 33.4 Å². The molecule has 0 bridgehead atoms. The molecule has 0 amide bonds. The van der Waals surface area contributed by atoms with Crippen LogP contribution in [0.1, 0.15) is 62.1 Å². The van der Waals surface area contributed by atoms with E-state index in [9.17, 15) is 8.22 Å². The fourth-order valence-corrected chi connectivity index (χ4v) is 10.2. The standard InChI is InChI=1S/C53H38N4OS/c1-29-23-25-44-49(58-52-55-42-20-12-13-21-43(42)57(44)52)46(29)38-27-41-45(26-31(38)3)59-50-40(53(41,4)5)24-22-30(2)47(50)51-54-28-39-36-18-9-8-16-34(36)32-14-6-7-15-33(32)35-17-10-11-19-37(35)48(39)56-51/h6-28H,1-5H3/i1D3,2D3,3D3,4D3,5D3. The normalized spacial score (nSPS) is 18.4. The molecule has 282 valence electrons. The van der Waals surface area contributed by atoms with Crippen molar-refractivity contribution >= 4 is 39.7 Å². The molecule has 0 saturated carbocycles. The highest BCUT2D eigenvalue weighted by Gasteiger charge is 2.37. The number of benzene rings is 7. The van der Waals surface area contributed by atoms with Gasteiger partial charge >= 0.3 is 5.84 Å². The zero-order valence-corrected chi connectivity index (χ0v) is 31.7. The van der Waals surface area contributed by atoms with E-state index in [-0.39, 0.29) is 66.0 Å². The molecular formula is C53H38N4OS. The number of para-hydroxylation sites is 2. The summed E-state index contributed by atoms with van der Waals surface area (Å²) in [6, 6.07) is 38.0. The Morgan fingerprint density at radius 3 is 1.95 bits per heavy atom. The molecule has 1 aliphatic heterocycles. The topological polar surface area (TPSA) is 56.2 Å². The van der Waals surface area contributed by atoms with Gasteiger partial charge in [-0.15, -0.1) is 0 Å². The number of imidazole rings is 1. The quantitative estimate of drug-likeness (QED) is 0.174. The molecule has 1 aliphatic carbocycles. The van der Waals surface area contributed by atoms with Crippen molar-refractivity contribution in [3.05, 3.63) is 167 Å². The van der Waals surface area contributed by atoms with Crippen molar-refractivity contribution in [1.29, 1.82) is 0 Å². The van der Waals surface area contributed by atoms with Crippen molar-refractivity contribution in [2.24, 2.45) is 0 Å². The summed E-state index contributed by atoms with van der Waals surface area (Å²) in [5.74, 6) is -0.0844. The van der Waals surface area contributed by atoms with Gasteiger partial charge in [0.25, 0.3) is 0 Å². The van der Waals surface area contributed by atoms with E-state index >= 15 is 0 Å². The summed E-state index contributed by atoms with van der Waals surface area (Å²) in [4.78, 5) is 14.4. The number of nitrogens with zero attached hydrogens (tertiary/aromatic N) is 4. The Morgan fingerprint density at radius 1 is 0.576 bits per heavy atom. The van der Waals surface area contributed by atoms with E-state index in [1.165, 1.54) is 30.3 Å². The molecule has 0 spiro atoms. The molecule has 0 atom stereocenters. The highest BCUT2D eigenvalue weighted by atomic mass is 32.2. The minimum Gasteiger partial charge on any atom is -0.422 e. The third-order valence-corrected chi connectivity index (χ3v) is 12.8. The van der Waals surface area contributed by atoms with Crippen LogP contribution in [0.4, 0.5) is 0 Å². The van der Waals surface area contributed by atoms with Gasteiger partial charge in [-0.1, -0.05) is 129 Å². The van der Waals surface area contributed by atoms with Crippen LogP contribution in [0.2, 0.25) is 0 Å². The molecule has 5 nitrogen and oxygen atoms in total. The van der Waals surface area contributed by atoms with Crippen molar-refractivity contribution < 1.29 is 25.0 Å². The molecule has 0 N–H and O–H groups in total. The SMILES string of the molecule is [2H]C([2H])([2H])c1cc2c(cc1-c1c(C([2H])([2H])[2H])ccc3c1oc1nc4ccccc4n13)C(C([2H])([2H])[2H])(C([2H])([2H])[2H])c1ccc(C([2H])([2H])[2H])c(-c3ncc4c(n3)-c3ccccc3-c3ccccc3-c3ccccc3-4)c1S2. The first-order valence-electron chi connectivity index (χ1n) is 26.4. The maximum Gasteiger partial charge on any atom is 0.307 e. The molecule has 12 rings (SSSR count). The van der Waals surface area contributed by atoms with E-state index in [0.717, 1.165) is 45.6 Å². The van der Waals surface area contributed by atoms with Crippen LogP contribution in [0.3, 0.4) is 0 Å². The van der Waals surface area contributed by atoms with Gasteiger partial charge in [0.1, 0.15) is 0 Å². The molecule has 10 aromatic rings. The smallest absolute Gasteiger partial charge is 0.307 e. The van der Waals surface area contributed by atoms with Gasteiger partial charge in [-0.3, -0.25) is 4.40 Å². The first kappa shape index (κ1) is 22.4. The predicted molar refractivity (Wildman–Crippen MR) is 241 cm³/mol. The van der Waals surface area contributed by atoms with Crippen LogP contribution in [0.15, 0.2) is 154 Å². The van der Waals surface area contributed by atoms with Crippen molar-refractivity contribution in [3.63, 3.8) is 0 Å². The number of oxazole rings is 1. The summed E-state index contributed by atoms with van der Waals surface area (Å²) < 4.78 is 144. The Labute approximate surface area is 367 Å². The van der Waals surface area contributed by atoms with Crippen LogP contribution in [0.25, 0.3) is 95.1 Å². The molecule has 7 aromatic carbocycles. The van der Waals surface area contributed by atoms with E-state index in [2.05, 4.69) is 4.98 Å². The summed E-state index contributed by atoms with van der Waals surface area (Å²) >= 11 is 0.804. The van der Waals surface area contributed by atoms with Crippen LogP contribution in [-0.4, -0.2) is 19.4 Å². The van der Waals surface area contributed by atoms with Gasteiger partial charge in [0, 0.05) is 64.2 Å². The molecule has 4 heterocycles. The average Bonchev–Trinajstić information content (AvgIpc) is 3.90. The molecule has 0 saturated heterocycles. The summed E-state index contributed by atoms with van der Waals surface area (Å²) in [7, 11) is 0. The first-order valence-corrected chi connectivity index (χ1v) is 19.8.